The van der Waals surface area contributed by atoms with Crippen LogP contribution in [0.3, 0.4) is 0 Å². The van der Waals surface area contributed by atoms with Crippen molar-refractivity contribution in [1.82, 2.24) is 15.1 Å². The molecule has 1 aliphatic heterocycles. The molecular formula is C16H33N3OS. The van der Waals surface area contributed by atoms with E-state index in [1.54, 1.807) is 0 Å². The minimum Gasteiger partial charge on any atom is -0.341 e. The van der Waals surface area contributed by atoms with Crippen LogP contribution in [0.15, 0.2) is 0 Å². The smallest absolute Gasteiger partial charge is 0.224 e. The largest absolute Gasteiger partial charge is 0.341 e. The van der Waals surface area contributed by atoms with E-state index in [1.807, 2.05) is 11.8 Å². The molecule has 1 N–H and O–H groups in total. The summed E-state index contributed by atoms with van der Waals surface area (Å²) in [5.74, 6) is 3.08. The van der Waals surface area contributed by atoms with Gasteiger partial charge in [0.15, 0.2) is 0 Å². The summed E-state index contributed by atoms with van der Waals surface area (Å²) < 4.78 is 0. The molecule has 1 amide bonds. The van der Waals surface area contributed by atoms with Crippen LogP contribution in [0.5, 0.6) is 0 Å². The summed E-state index contributed by atoms with van der Waals surface area (Å²) in [5, 5.41) is 3.47. The lowest BCUT2D eigenvalue weighted by atomic mass is 10.1. The maximum atomic E-state index is 12.6. The van der Waals surface area contributed by atoms with Crippen molar-refractivity contribution in [3.63, 3.8) is 0 Å². The standard InChI is InChI=1S/C16H33N3OS/c1-5-18(6-2)8-9-19(12-14(3)4)16(20)11-15-13-21-10-7-17-15/h14-15,17H,5-13H2,1-4H3. The van der Waals surface area contributed by atoms with Crippen LogP contribution in [0.1, 0.15) is 34.1 Å². The number of carbonyl (C=O) groups is 1. The Morgan fingerprint density at radius 1 is 1.29 bits per heavy atom. The molecule has 124 valence electrons. The van der Waals surface area contributed by atoms with Gasteiger partial charge in [0, 0.05) is 50.1 Å². The molecule has 1 heterocycles. The number of carbonyl (C=O) groups excluding carboxylic acids is 1. The van der Waals surface area contributed by atoms with Crippen LogP contribution in [0, 0.1) is 5.92 Å². The Morgan fingerprint density at radius 3 is 2.52 bits per heavy atom. The molecule has 1 atom stereocenters. The van der Waals surface area contributed by atoms with E-state index >= 15 is 0 Å². The molecule has 1 unspecified atom stereocenters. The topological polar surface area (TPSA) is 35.6 Å². The number of thioether (sulfide) groups is 1. The van der Waals surface area contributed by atoms with E-state index in [0.717, 1.165) is 45.0 Å². The molecule has 5 heteroatoms. The zero-order chi connectivity index (χ0) is 15.7. The van der Waals surface area contributed by atoms with Crippen molar-refractivity contribution in [1.29, 1.82) is 0 Å². The molecule has 0 aromatic heterocycles. The van der Waals surface area contributed by atoms with Crippen molar-refractivity contribution >= 4 is 17.7 Å². The third-order valence-corrected chi connectivity index (χ3v) is 5.07. The number of rotatable bonds is 9. The van der Waals surface area contributed by atoms with Gasteiger partial charge in [-0.3, -0.25) is 4.79 Å². The Bertz CT molecular complexity index is 289. The normalized spacial score (nSPS) is 19.2. The van der Waals surface area contributed by atoms with Crippen LogP contribution in [0.4, 0.5) is 0 Å². The second-order valence-corrected chi connectivity index (χ2v) is 7.34. The molecule has 21 heavy (non-hydrogen) atoms. The molecule has 0 spiro atoms. The van der Waals surface area contributed by atoms with Crippen molar-refractivity contribution in [3.05, 3.63) is 0 Å². The molecule has 0 aliphatic carbocycles. The predicted molar refractivity (Wildman–Crippen MR) is 92.9 cm³/mol. The number of hydrogen-bond donors (Lipinski definition) is 1. The second-order valence-electron chi connectivity index (χ2n) is 6.19. The van der Waals surface area contributed by atoms with E-state index in [2.05, 4.69) is 42.8 Å². The Hall–Kier alpha value is -0.260. The summed E-state index contributed by atoms with van der Waals surface area (Å²) in [6.07, 6.45) is 0.651. The minimum absolute atomic E-state index is 0.316. The Morgan fingerprint density at radius 2 is 2.00 bits per heavy atom. The third-order valence-electron chi connectivity index (χ3n) is 3.94. The Balaban J connectivity index is 2.47. The highest BCUT2D eigenvalue weighted by atomic mass is 32.2. The van der Waals surface area contributed by atoms with Crippen molar-refractivity contribution < 1.29 is 4.79 Å². The van der Waals surface area contributed by atoms with E-state index in [0.29, 0.717) is 24.3 Å². The Labute approximate surface area is 135 Å². The second kappa shape index (κ2) is 10.5. The molecule has 1 aliphatic rings. The molecule has 0 radical (unpaired) electrons. The van der Waals surface area contributed by atoms with Gasteiger partial charge in [0.1, 0.15) is 0 Å². The molecule has 1 saturated heterocycles. The van der Waals surface area contributed by atoms with Gasteiger partial charge in [-0.2, -0.15) is 11.8 Å². The lowest BCUT2D eigenvalue weighted by Crippen LogP contribution is -2.45. The van der Waals surface area contributed by atoms with E-state index < -0.39 is 0 Å². The van der Waals surface area contributed by atoms with Crippen LogP contribution in [0.2, 0.25) is 0 Å². The fourth-order valence-corrected chi connectivity index (χ4v) is 3.60. The highest BCUT2D eigenvalue weighted by Crippen LogP contribution is 2.12. The van der Waals surface area contributed by atoms with E-state index in [-0.39, 0.29) is 0 Å². The van der Waals surface area contributed by atoms with E-state index in [4.69, 9.17) is 0 Å². The Kier molecular flexibility index (Phi) is 9.36. The fourth-order valence-electron chi connectivity index (χ4n) is 2.65. The fraction of sp³-hybridized carbons (Fsp3) is 0.938. The first-order valence-electron chi connectivity index (χ1n) is 8.38. The van der Waals surface area contributed by atoms with Gasteiger partial charge >= 0.3 is 0 Å². The summed E-state index contributed by atoms with van der Waals surface area (Å²) in [6.45, 7) is 14.6. The predicted octanol–water partition coefficient (Wildman–Crippen LogP) is 1.91. The molecule has 0 bridgehead atoms. The van der Waals surface area contributed by atoms with Crippen molar-refractivity contribution in [2.24, 2.45) is 5.92 Å². The maximum absolute atomic E-state index is 12.6. The molecular weight excluding hydrogens is 282 g/mol. The zero-order valence-electron chi connectivity index (χ0n) is 14.2. The number of nitrogens with zero attached hydrogens (tertiary/aromatic N) is 2. The van der Waals surface area contributed by atoms with Crippen LogP contribution < -0.4 is 5.32 Å². The molecule has 1 rings (SSSR count). The van der Waals surface area contributed by atoms with Gasteiger partial charge in [0.25, 0.3) is 0 Å². The molecule has 0 aromatic rings. The van der Waals surface area contributed by atoms with E-state index in [1.165, 1.54) is 5.75 Å². The number of likely N-dealkylation sites (N-methyl/N-ethyl adjacent to an activating group) is 1. The minimum atomic E-state index is 0.316. The quantitative estimate of drug-likeness (QED) is 0.705. The number of nitrogens with one attached hydrogen (secondary N) is 1. The van der Waals surface area contributed by atoms with Gasteiger partial charge < -0.3 is 15.1 Å². The van der Waals surface area contributed by atoms with Crippen LogP contribution >= 0.6 is 11.8 Å². The maximum Gasteiger partial charge on any atom is 0.224 e. The van der Waals surface area contributed by atoms with Crippen molar-refractivity contribution in [3.8, 4) is 0 Å². The average molecular weight is 316 g/mol. The summed E-state index contributed by atoms with van der Waals surface area (Å²) in [5.41, 5.74) is 0. The lowest BCUT2D eigenvalue weighted by Gasteiger charge is -2.30. The summed E-state index contributed by atoms with van der Waals surface area (Å²) >= 11 is 1.95. The molecule has 1 fully saturated rings. The van der Waals surface area contributed by atoms with Gasteiger partial charge in [0.2, 0.25) is 5.91 Å². The summed E-state index contributed by atoms with van der Waals surface area (Å²) in [7, 11) is 0. The molecule has 0 saturated carbocycles. The average Bonchev–Trinajstić information content (AvgIpc) is 2.47. The first-order valence-corrected chi connectivity index (χ1v) is 9.53. The van der Waals surface area contributed by atoms with Crippen LogP contribution in [-0.4, -0.2) is 72.5 Å². The molecule has 0 aromatic carbocycles. The van der Waals surface area contributed by atoms with Gasteiger partial charge in [0.05, 0.1) is 0 Å². The van der Waals surface area contributed by atoms with Crippen molar-refractivity contribution in [2.75, 3.05) is 50.8 Å². The van der Waals surface area contributed by atoms with Crippen LogP contribution in [-0.2, 0) is 4.79 Å². The van der Waals surface area contributed by atoms with Crippen LogP contribution in [0.25, 0.3) is 0 Å². The third kappa shape index (κ3) is 7.52. The highest BCUT2D eigenvalue weighted by Gasteiger charge is 2.21. The monoisotopic (exact) mass is 315 g/mol. The van der Waals surface area contributed by atoms with Gasteiger partial charge in [-0.15, -0.1) is 0 Å². The van der Waals surface area contributed by atoms with Gasteiger partial charge in [-0.05, 0) is 19.0 Å². The number of amides is 1. The lowest BCUT2D eigenvalue weighted by molar-refractivity contribution is -0.132. The first-order chi connectivity index (χ1) is 10.1. The SMILES string of the molecule is CCN(CC)CCN(CC(C)C)C(=O)CC1CSCCN1. The zero-order valence-corrected chi connectivity index (χ0v) is 15.0. The highest BCUT2D eigenvalue weighted by molar-refractivity contribution is 7.99. The van der Waals surface area contributed by atoms with Gasteiger partial charge in [-0.25, -0.2) is 0 Å². The molecule has 4 nitrogen and oxygen atoms in total. The summed E-state index contributed by atoms with van der Waals surface area (Å²) in [4.78, 5) is 17.1. The number of hydrogen-bond acceptors (Lipinski definition) is 4. The van der Waals surface area contributed by atoms with Crippen molar-refractivity contribution in [2.45, 2.75) is 40.2 Å². The van der Waals surface area contributed by atoms with E-state index in [9.17, 15) is 4.79 Å². The first kappa shape index (κ1) is 18.8. The van der Waals surface area contributed by atoms with Gasteiger partial charge in [-0.1, -0.05) is 27.7 Å². The summed E-state index contributed by atoms with van der Waals surface area (Å²) in [6, 6.07) is 0.361.